The summed E-state index contributed by atoms with van der Waals surface area (Å²) in [5.74, 6) is 1.00. The number of piperazine rings is 1. The van der Waals surface area contributed by atoms with Crippen molar-refractivity contribution >= 4 is 0 Å². The number of nitrogens with one attached hydrogen (secondary N) is 2. The van der Waals surface area contributed by atoms with E-state index in [1.807, 2.05) is 9.80 Å². The lowest BCUT2D eigenvalue weighted by Gasteiger charge is -2.44. The maximum Gasteiger partial charge on any atom is 0.143 e. The number of fused-ring (bicyclic) bond motifs is 1. The highest BCUT2D eigenvalue weighted by atomic mass is 15.3. The summed E-state index contributed by atoms with van der Waals surface area (Å²) in [6, 6.07) is 11.1. The molecule has 4 rings (SSSR count). The molecule has 1 aromatic rings. The highest BCUT2D eigenvalue weighted by Gasteiger charge is 2.49. The minimum atomic E-state index is 0.932. The Kier molecular flexibility index (Phi) is 4.73. The van der Waals surface area contributed by atoms with E-state index in [4.69, 9.17) is 0 Å². The van der Waals surface area contributed by atoms with Crippen LogP contribution in [-0.4, -0.2) is 31.7 Å². The Balaban J connectivity index is 1.55. The molecule has 2 heterocycles. The maximum absolute atomic E-state index is 2.42. The van der Waals surface area contributed by atoms with Gasteiger partial charge in [0.25, 0.3) is 0 Å². The van der Waals surface area contributed by atoms with Gasteiger partial charge in [-0.25, -0.2) is 0 Å². The second-order valence-corrected chi connectivity index (χ2v) is 8.40. The predicted octanol–water partition coefficient (Wildman–Crippen LogP) is 1.39. The molecule has 0 bridgehead atoms. The smallest absolute Gasteiger partial charge is 0.143 e. The van der Waals surface area contributed by atoms with Crippen LogP contribution in [0, 0.1) is 12.8 Å². The van der Waals surface area contributed by atoms with Gasteiger partial charge in [-0.1, -0.05) is 49.1 Å². The zero-order valence-corrected chi connectivity index (χ0v) is 14.8. The molecule has 2 N–H and O–H groups in total. The Morgan fingerprint density at radius 3 is 2.65 bits per heavy atom. The first-order valence-electron chi connectivity index (χ1n) is 10.1. The van der Waals surface area contributed by atoms with Crippen molar-refractivity contribution in [3.8, 4) is 0 Å². The number of rotatable bonds is 3. The molecule has 0 spiro atoms. The van der Waals surface area contributed by atoms with Gasteiger partial charge < -0.3 is 9.80 Å². The van der Waals surface area contributed by atoms with Crippen molar-refractivity contribution < 1.29 is 9.80 Å². The van der Waals surface area contributed by atoms with Crippen LogP contribution in [0.1, 0.15) is 56.1 Å². The first-order chi connectivity index (χ1) is 11.3. The fourth-order valence-electron chi connectivity index (χ4n) is 5.90. The summed E-state index contributed by atoms with van der Waals surface area (Å²) in [4.78, 5) is 3.87. The SMILES string of the molecule is Cc1cccc(C[NH+]2CC[NH+]3CCC[C@@H]3[C@@H]2C2CCCCC2)c1. The average molecular weight is 315 g/mol. The predicted molar refractivity (Wildman–Crippen MR) is 94.8 cm³/mol. The Hall–Kier alpha value is -0.860. The normalized spacial score (nSPS) is 35.2. The largest absolute Gasteiger partial charge is 0.323 e. The minimum Gasteiger partial charge on any atom is -0.323 e. The zero-order chi connectivity index (χ0) is 15.6. The van der Waals surface area contributed by atoms with E-state index in [1.54, 1.807) is 5.56 Å². The number of hydrogen-bond acceptors (Lipinski definition) is 0. The van der Waals surface area contributed by atoms with E-state index in [0.717, 1.165) is 18.0 Å². The van der Waals surface area contributed by atoms with Crippen molar-refractivity contribution in [2.45, 2.75) is 70.5 Å². The van der Waals surface area contributed by atoms with E-state index in [-0.39, 0.29) is 0 Å². The highest BCUT2D eigenvalue weighted by Crippen LogP contribution is 2.28. The summed E-state index contributed by atoms with van der Waals surface area (Å²) < 4.78 is 0. The van der Waals surface area contributed by atoms with Crippen molar-refractivity contribution in [1.82, 2.24) is 0 Å². The molecule has 2 unspecified atom stereocenters. The molecule has 2 saturated heterocycles. The van der Waals surface area contributed by atoms with Gasteiger partial charge in [-0.3, -0.25) is 0 Å². The van der Waals surface area contributed by atoms with Gasteiger partial charge in [-0.05, 0) is 19.8 Å². The van der Waals surface area contributed by atoms with Gasteiger partial charge in [0.1, 0.15) is 31.7 Å². The molecule has 0 amide bonds. The van der Waals surface area contributed by atoms with Crippen molar-refractivity contribution in [2.75, 3.05) is 19.6 Å². The summed E-state index contributed by atoms with van der Waals surface area (Å²) in [7, 11) is 0. The second kappa shape index (κ2) is 6.94. The summed E-state index contributed by atoms with van der Waals surface area (Å²) in [6.07, 6.45) is 10.4. The second-order valence-electron chi connectivity index (χ2n) is 8.40. The first-order valence-corrected chi connectivity index (χ1v) is 10.1. The molecule has 1 saturated carbocycles. The minimum absolute atomic E-state index is 0.932. The molecule has 0 radical (unpaired) electrons. The zero-order valence-electron chi connectivity index (χ0n) is 14.8. The van der Waals surface area contributed by atoms with Crippen LogP contribution in [0.5, 0.6) is 0 Å². The fourth-order valence-corrected chi connectivity index (χ4v) is 5.90. The average Bonchev–Trinajstić information content (AvgIpc) is 3.04. The third kappa shape index (κ3) is 3.34. The highest BCUT2D eigenvalue weighted by molar-refractivity contribution is 5.21. The van der Waals surface area contributed by atoms with E-state index in [0.29, 0.717) is 0 Å². The molecule has 2 nitrogen and oxygen atoms in total. The Labute approximate surface area is 141 Å². The molecule has 1 aromatic carbocycles. The summed E-state index contributed by atoms with van der Waals surface area (Å²) in [6.45, 7) is 7.74. The summed E-state index contributed by atoms with van der Waals surface area (Å²) in [5.41, 5.74) is 2.98. The van der Waals surface area contributed by atoms with Gasteiger partial charge in [0.2, 0.25) is 0 Å². The van der Waals surface area contributed by atoms with Crippen molar-refractivity contribution in [3.63, 3.8) is 0 Å². The molecule has 126 valence electrons. The molecule has 23 heavy (non-hydrogen) atoms. The quantitative estimate of drug-likeness (QED) is 0.834. The molecule has 3 aliphatic rings. The lowest BCUT2D eigenvalue weighted by molar-refractivity contribution is -1.05. The van der Waals surface area contributed by atoms with Gasteiger partial charge in [-0.2, -0.15) is 0 Å². The van der Waals surface area contributed by atoms with Crippen LogP contribution in [0.4, 0.5) is 0 Å². The number of benzene rings is 1. The molecular formula is C21H34N2+2. The van der Waals surface area contributed by atoms with Crippen LogP contribution in [0.15, 0.2) is 24.3 Å². The Morgan fingerprint density at radius 1 is 0.957 bits per heavy atom. The molecule has 0 aromatic heterocycles. The van der Waals surface area contributed by atoms with E-state index in [9.17, 15) is 0 Å². The molecular weight excluding hydrogens is 280 g/mol. The van der Waals surface area contributed by atoms with E-state index in [2.05, 4.69) is 31.2 Å². The van der Waals surface area contributed by atoms with E-state index in [1.165, 1.54) is 76.7 Å². The lowest BCUT2D eigenvalue weighted by atomic mass is 9.78. The van der Waals surface area contributed by atoms with Crippen LogP contribution in [-0.2, 0) is 6.54 Å². The maximum atomic E-state index is 2.42. The van der Waals surface area contributed by atoms with E-state index < -0.39 is 0 Å². The van der Waals surface area contributed by atoms with Gasteiger partial charge in [0, 0.05) is 24.3 Å². The topological polar surface area (TPSA) is 8.88 Å². The Morgan fingerprint density at radius 2 is 1.83 bits per heavy atom. The van der Waals surface area contributed by atoms with Gasteiger partial charge in [0.05, 0.1) is 6.54 Å². The molecule has 2 aliphatic heterocycles. The lowest BCUT2D eigenvalue weighted by Crippen LogP contribution is -3.32. The van der Waals surface area contributed by atoms with Crippen LogP contribution in [0.3, 0.4) is 0 Å². The van der Waals surface area contributed by atoms with Gasteiger partial charge >= 0.3 is 0 Å². The van der Waals surface area contributed by atoms with Crippen LogP contribution >= 0.6 is 0 Å². The van der Waals surface area contributed by atoms with Crippen LogP contribution < -0.4 is 9.80 Å². The third-order valence-corrected chi connectivity index (χ3v) is 6.88. The van der Waals surface area contributed by atoms with E-state index >= 15 is 0 Å². The molecule has 2 heteroatoms. The molecule has 3 fully saturated rings. The van der Waals surface area contributed by atoms with Crippen molar-refractivity contribution in [2.24, 2.45) is 5.92 Å². The molecule has 4 atom stereocenters. The number of hydrogen-bond donors (Lipinski definition) is 2. The third-order valence-electron chi connectivity index (χ3n) is 6.88. The van der Waals surface area contributed by atoms with Crippen LogP contribution in [0.2, 0.25) is 0 Å². The van der Waals surface area contributed by atoms with Crippen LogP contribution in [0.25, 0.3) is 0 Å². The summed E-state index contributed by atoms with van der Waals surface area (Å²) >= 11 is 0. The monoisotopic (exact) mass is 314 g/mol. The Bertz CT molecular complexity index is 520. The van der Waals surface area contributed by atoms with Gasteiger partial charge in [0.15, 0.2) is 0 Å². The number of aryl methyl sites for hydroxylation is 1. The van der Waals surface area contributed by atoms with Crippen molar-refractivity contribution in [3.05, 3.63) is 35.4 Å². The first kappa shape index (κ1) is 15.7. The van der Waals surface area contributed by atoms with Crippen molar-refractivity contribution in [1.29, 1.82) is 0 Å². The fraction of sp³-hybridized carbons (Fsp3) is 0.714. The van der Waals surface area contributed by atoms with Gasteiger partial charge in [-0.15, -0.1) is 0 Å². The number of quaternary nitrogens is 2. The molecule has 1 aliphatic carbocycles. The summed E-state index contributed by atoms with van der Waals surface area (Å²) in [5, 5.41) is 0. The standard InChI is InChI=1S/C21H32N2/c1-17-7-5-8-18(15-17)16-23-14-13-22-12-6-11-20(22)21(23)19-9-3-2-4-10-19/h5,7-8,15,19-21H,2-4,6,9-14,16H2,1H3/p+2/t20-,21+/m1/s1.